The third-order valence-electron chi connectivity index (χ3n) is 1.77. The predicted molar refractivity (Wildman–Crippen MR) is 59.2 cm³/mol. The Morgan fingerprint density at radius 1 is 1.23 bits per heavy atom. The van der Waals surface area contributed by atoms with Crippen LogP contribution in [0, 0.1) is 3.70 Å². The zero-order valence-electron chi connectivity index (χ0n) is 7.11. The van der Waals surface area contributed by atoms with E-state index in [-0.39, 0.29) is 0 Å². The average Bonchev–Trinajstić information content (AvgIpc) is 2.53. The number of halogens is 1. The van der Waals surface area contributed by atoms with E-state index in [4.69, 9.17) is 0 Å². The van der Waals surface area contributed by atoms with Gasteiger partial charge in [-0.1, -0.05) is 6.07 Å². The van der Waals surface area contributed by atoms with Crippen LogP contribution in [0.2, 0.25) is 0 Å². The fraction of sp³-hybridized carbons (Fsp3) is 0.111. The van der Waals surface area contributed by atoms with Gasteiger partial charge in [0.1, 0.15) is 3.70 Å². The van der Waals surface area contributed by atoms with Crippen LogP contribution in [0.5, 0.6) is 0 Å². The number of nitrogens with zero attached hydrogens (tertiary/aromatic N) is 3. The second kappa shape index (κ2) is 3.45. The number of hydrogen-bond donors (Lipinski definition) is 0. The van der Waals surface area contributed by atoms with E-state index >= 15 is 0 Å². The summed E-state index contributed by atoms with van der Waals surface area (Å²) < 4.78 is 2.79. The van der Waals surface area contributed by atoms with Crippen LogP contribution in [0.15, 0.2) is 30.7 Å². The lowest BCUT2D eigenvalue weighted by molar-refractivity contribution is 0.768. The number of rotatable bonds is 1. The summed E-state index contributed by atoms with van der Waals surface area (Å²) >= 11 is 2.19. The molecule has 0 radical (unpaired) electrons. The second-order valence-corrected chi connectivity index (χ2v) is 3.88. The lowest BCUT2D eigenvalue weighted by atomic mass is 10.2. The van der Waals surface area contributed by atoms with Crippen LogP contribution in [0.4, 0.5) is 0 Å². The molecule has 0 aliphatic carbocycles. The molecule has 0 N–H and O–H groups in total. The van der Waals surface area contributed by atoms with Crippen LogP contribution in [0.25, 0.3) is 11.1 Å². The quantitative estimate of drug-likeness (QED) is 0.593. The van der Waals surface area contributed by atoms with Gasteiger partial charge in [-0.05, 0) is 28.7 Å². The Hall–Kier alpha value is -0.910. The molecule has 0 unspecified atom stereocenters. The number of pyridine rings is 1. The summed E-state index contributed by atoms with van der Waals surface area (Å²) in [7, 11) is 1.91. The van der Waals surface area contributed by atoms with Gasteiger partial charge in [0, 0.05) is 30.6 Å². The smallest absolute Gasteiger partial charge is 0.101 e. The summed E-state index contributed by atoms with van der Waals surface area (Å²) in [4.78, 5) is 4.21. The Kier molecular flexibility index (Phi) is 2.30. The van der Waals surface area contributed by atoms with Crippen molar-refractivity contribution in [1.82, 2.24) is 14.8 Å². The van der Waals surface area contributed by atoms with Crippen molar-refractivity contribution in [2.45, 2.75) is 0 Å². The maximum atomic E-state index is 4.21. The highest BCUT2D eigenvalue weighted by molar-refractivity contribution is 14.1. The Bertz CT molecular complexity index is 405. The van der Waals surface area contributed by atoms with E-state index in [1.807, 2.05) is 37.8 Å². The average molecular weight is 285 g/mol. The molecule has 2 heterocycles. The predicted octanol–water partition coefficient (Wildman–Crippen LogP) is 2.09. The van der Waals surface area contributed by atoms with Gasteiger partial charge in [0.15, 0.2) is 0 Å². The Labute approximate surface area is 89.9 Å². The minimum atomic E-state index is 1.00. The van der Waals surface area contributed by atoms with Crippen LogP contribution in [0.3, 0.4) is 0 Å². The second-order valence-electron chi connectivity index (χ2n) is 2.77. The summed E-state index contributed by atoms with van der Waals surface area (Å²) in [6.07, 6.45) is 5.67. The van der Waals surface area contributed by atoms with Crippen molar-refractivity contribution >= 4 is 22.6 Å². The zero-order chi connectivity index (χ0) is 9.26. The van der Waals surface area contributed by atoms with E-state index in [9.17, 15) is 0 Å². The number of aromatic nitrogens is 3. The van der Waals surface area contributed by atoms with Crippen LogP contribution in [0.1, 0.15) is 0 Å². The summed E-state index contributed by atoms with van der Waals surface area (Å²) in [6.45, 7) is 0. The van der Waals surface area contributed by atoms with Crippen molar-refractivity contribution in [2.75, 3.05) is 0 Å². The molecule has 2 rings (SSSR count). The van der Waals surface area contributed by atoms with Gasteiger partial charge in [-0.15, -0.1) is 0 Å². The molecule has 0 bridgehead atoms. The van der Waals surface area contributed by atoms with Gasteiger partial charge >= 0.3 is 0 Å². The maximum Gasteiger partial charge on any atom is 0.101 e. The topological polar surface area (TPSA) is 30.7 Å². The van der Waals surface area contributed by atoms with Gasteiger partial charge in [-0.3, -0.25) is 4.68 Å². The van der Waals surface area contributed by atoms with Gasteiger partial charge in [-0.25, -0.2) is 4.98 Å². The summed E-state index contributed by atoms with van der Waals surface area (Å²) in [5.74, 6) is 0. The standard InChI is InChI=1S/C9H8IN3/c1-13-6-8(5-12-13)7-2-3-9(10)11-4-7/h2-6H,1H3. The summed E-state index contributed by atoms with van der Waals surface area (Å²) in [5, 5.41) is 4.10. The Balaban J connectivity index is 2.41. The first-order valence-electron chi connectivity index (χ1n) is 3.86. The molecule has 3 nitrogen and oxygen atoms in total. The molecule has 2 aromatic heterocycles. The molecule has 0 aliphatic heterocycles. The van der Waals surface area contributed by atoms with E-state index < -0.39 is 0 Å². The zero-order valence-corrected chi connectivity index (χ0v) is 9.26. The number of hydrogen-bond acceptors (Lipinski definition) is 2. The van der Waals surface area contributed by atoms with Crippen LogP contribution in [-0.4, -0.2) is 14.8 Å². The monoisotopic (exact) mass is 285 g/mol. The molecule has 66 valence electrons. The highest BCUT2D eigenvalue weighted by Gasteiger charge is 1.99. The fourth-order valence-electron chi connectivity index (χ4n) is 1.12. The SMILES string of the molecule is Cn1cc(-c2ccc(I)nc2)cn1. The molecule has 0 aromatic carbocycles. The van der Waals surface area contributed by atoms with E-state index in [1.165, 1.54) is 0 Å². The van der Waals surface area contributed by atoms with Crippen LogP contribution >= 0.6 is 22.6 Å². The van der Waals surface area contributed by atoms with Crippen molar-refractivity contribution in [3.05, 3.63) is 34.4 Å². The molecule has 0 atom stereocenters. The van der Waals surface area contributed by atoms with Crippen LogP contribution < -0.4 is 0 Å². The summed E-state index contributed by atoms with van der Waals surface area (Å²) in [6, 6.07) is 4.04. The normalized spacial score (nSPS) is 10.3. The Morgan fingerprint density at radius 2 is 2.08 bits per heavy atom. The lowest BCUT2D eigenvalue weighted by Crippen LogP contribution is -1.84. The van der Waals surface area contributed by atoms with Gasteiger partial charge in [0.25, 0.3) is 0 Å². The molecule has 0 aliphatic rings. The van der Waals surface area contributed by atoms with Crippen molar-refractivity contribution < 1.29 is 0 Å². The first kappa shape index (κ1) is 8.68. The molecule has 4 heteroatoms. The minimum absolute atomic E-state index is 1.00. The van der Waals surface area contributed by atoms with Gasteiger partial charge < -0.3 is 0 Å². The Morgan fingerprint density at radius 3 is 2.62 bits per heavy atom. The first-order valence-corrected chi connectivity index (χ1v) is 4.94. The third-order valence-corrected chi connectivity index (χ3v) is 2.40. The molecule has 0 spiro atoms. The van der Waals surface area contributed by atoms with Gasteiger partial charge in [-0.2, -0.15) is 5.10 Å². The molecular formula is C9H8IN3. The third kappa shape index (κ3) is 1.88. The van der Waals surface area contributed by atoms with Crippen molar-refractivity contribution in [3.63, 3.8) is 0 Å². The molecule has 2 aromatic rings. The van der Waals surface area contributed by atoms with E-state index in [2.05, 4.69) is 32.7 Å². The maximum absolute atomic E-state index is 4.21. The minimum Gasteiger partial charge on any atom is -0.275 e. The summed E-state index contributed by atoms with van der Waals surface area (Å²) in [5.41, 5.74) is 2.21. The molecule has 0 saturated heterocycles. The fourth-order valence-corrected chi connectivity index (χ4v) is 1.44. The largest absolute Gasteiger partial charge is 0.275 e. The van der Waals surface area contributed by atoms with E-state index in [0.717, 1.165) is 14.8 Å². The number of aryl methyl sites for hydroxylation is 1. The lowest BCUT2D eigenvalue weighted by Gasteiger charge is -1.95. The van der Waals surface area contributed by atoms with E-state index in [1.54, 1.807) is 4.68 Å². The van der Waals surface area contributed by atoms with Crippen molar-refractivity contribution in [2.24, 2.45) is 7.05 Å². The molecular weight excluding hydrogens is 277 g/mol. The van der Waals surface area contributed by atoms with E-state index in [0.29, 0.717) is 0 Å². The highest BCUT2D eigenvalue weighted by Crippen LogP contribution is 2.17. The van der Waals surface area contributed by atoms with Gasteiger partial charge in [0.2, 0.25) is 0 Å². The molecule has 0 saturated carbocycles. The van der Waals surface area contributed by atoms with Crippen molar-refractivity contribution in [3.8, 4) is 11.1 Å². The molecule has 0 amide bonds. The van der Waals surface area contributed by atoms with Crippen molar-refractivity contribution in [1.29, 1.82) is 0 Å². The molecule has 0 fully saturated rings. The molecule has 13 heavy (non-hydrogen) atoms. The van der Waals surface area contributed by atoms with Crippen LogP contribution in [-0.2, 0) is 7.05 Å². The highest BCUT2D eigenvalue weighted by atomic mass is 127. The van der Waals surface area contributed by atoms with Gasteiger partial charge in [0.05, 0.1) is 6.20 Å². The first-order chi connectivity index (χ1) is 6.25.